The first-order valence-corrected chi connectivity index (χ1v) is 8.04. The Morgan fingerprint density at radius 2 is 1.91 bits per heavy atom. The topological polar surface area (TPSA) is 54.0 Å². The van der Waals surface area contributed by atoms with Crippen molar-refractivity contribution < 1.29 is 14.3 Å². The molecule has 0 saturated carbocycles. The largest absolute Gasteiger partial charge is 0.497 e. The maximum Gasteiger partial charge on any atom is 0.234 e. The summed E-state index contributed by atoms with van der Waals surface area (Å²) in [5.74, 6) is 0.970. The highest BCUT2D eigenvalue weighted by molar-refractivity contribution is 5.77. The Bertz CT molecular complexity index is 488. The third-order valence-corrected chi connectivity index (χ3v) is 4.00. The van der Waals surface area contributed by atoms with Gasteiger partial charge in [-0.05, 0) is 17.7 Å². The molecule has 1 aromatic rings. The van der Waals surface area contributed by atoms with E-state index >= 15 is 0 Å². The number of nitrogens with one attached hydrogen (secondary N) is 1. The number of carbonyl (C=O) groups excluding carboxylic acids is 1. The maximum atomic E-state index is 11.8. The van der Waals surface area contributed by atoms with Crippen molar-refractivity contribution in [1.82, 2.24) is 15.1 Å². The van der Waals surface area contributed by atoms with Crippen LogP contribution in [-0.4, -0.2) is 75.8 Å². The monoisotopic (exact) mass is 321 g/mol. The van der Waals surface area contributed by atoms with Crippen LogP contribution in [0.3, 0.4) is 0 Å². The number of hydrogen-bond acceptors (Lipinski definition) is 5. The zero-order chi connectivity index (χ0) is 16.5. The Hall–Kier alpha value is -1.63. The molecule has 0 bridgehead atoms. The Balaban J connectivity index is 1.70. The number of benzene rings is 1. The summed E-state index contributed by atoms with van der Waals surface area (Å²) in [6, 6.07) is 8.19. The highest BCUT2D eigenvalue weighted by Crippen LogP contribution is 2.15. The van der Waals surface area contributed by atoms with E-state index in [-0.39, 0.29) is 5.91 Å². The van der Waals surface area contributed by atoms with Crippen LogP contribution in [0.2, 0.25) is 0 Å². The molecular formula is C17H27N3O3. The first-order chi connectivity index (χ1) is 11.2. The van der Waals surface area contributed by atoms with Crippen molar-refractivity contribution in [3.63, 3.8) is 0 Å². The molecule has 1 aliphatic rings. The van der Waals surface area contributed by atoms with Gasteiger partial charge >= 0.3 is 0 Å². The summed E-state index contributed by atoms with van der Waals surface area (Å²) in [5.41, 5.74) is 1.26. The van der Waals surface area contributed by atoms with Crippen LogP contribution in [0.25, 0.3) is 0 Å². The quantitative estimate of drug-likeness (QED) is 0.710. The molecule has 1 N–H and O–H groups in total. The normalized spacial score (nSPS) is 16.3. The fourth-order valence-corrected chi connectivity index (χ4v) is 2.69. The zero-order valence-corrected chi connectivity index (χ0v) is 14.1. The van der Waals surface area contributed by atoms with Gasteiger partial charge in [0.1, 0.15) is 5.75 Å². The molecule has 1 aliphatic heterocycles. The molecule has 0 aromatic heterocycles. The predicted octanol–water partition coefficient (Wildman–Crippen LogP) is 0.575. The van der Waals surface area contributed by atoms with E-state index in [0.29, 0.717) is 19.7 Å². The molecule has 2 rings (SSSR count). The lowest BCUT2D eigenvalue weighted by atomic mass is 10.2. The second-order valence-corrected chi connectivity index (χ2v) is 5.75. The van der Waals surface area contributed by atoms with Crippen LogP contribution in [0.1, 0.15) is 5.56 Å². The van der Waals surface area contributed by atoms with E-state index in [2.05, 4.69) is 27.2 Å². The van der Waals surface area contributed by atoms with Gasteiger partial charge in [0.2, 0.25) is 5.91 Å². The van der Waals surface area contributed by atoms with Gasteiger partial charge in [-0.1, -0.05) is 12.1 Å². The van der Waals surface area contributed by atoms with Crippen molar-refractivity contribution in [1.29, 1.82) is 0 Å². The molecular weight excluding hydrogens is 294 g/mol. The first kappa shape index (κ1) is 17.7. The van der Waals surface area contributed by atoms with Crippen LogP contribution < -0.4 is 10.1 Å². The fraction of sp³-hybridized carbons (Fsp3) is 0.588. The number of piperazine rings is 1. The molecule has 1 amide bonds. The number of amides is 1. The van der Waals surface area contributed by atoms with Crippen LogP contribution in [0, 0.1) is 0 Å². The molecule has 128 valence electrons. The lowest BCUT2D eigenvalue weighted by Crippen LogP contribution is -2.49. The van der Waals surface area contributed by atoms with E-state index in [1.54, 1.807) is 14.2 Å². The second kappa shape index (κ2) is 9.50. The van der Waals surface area contributed by atoms with Gasteiger partial charge in [-0.3, -0.25) is 14.6 Å². The lowest BCUT2D eigenvalue weighted by Gasteiger charge is -2.34. The van der Waals surface area contributed by atoms with E-state index < -0.39 is 0 Å². The molecule has 23 heavy (non-hydrogen) atoms. The molecule has 0 atom stereocenters. The summed E-state index contributed by atoms with van der Waals surface area (Å²) in [6.45, 7) is 6.31. The second-order valence-electron chi connectivity index (χ2n) is 5.75. The number of methoxy groups -OCH3 is 2. The minimum atomic E-state index is 0.0725. The SMILES string of the molecule is COCCNC(=O)CN1CCN(Cc2cccc(OC)c2)CC1. The summed E-state index contributed by atoms with van der Waals surface area (Å²) in [6.07, 6.45) is 0. The van der Waals surface area contributed by atoms with E-state index in [4.69, 9.17) is 9.47 Å². The van der Waals surface area contributed by atoms with Gasteiger partial charge in [0, 0.05) is 46.4 Å². The summed E-state index contributed by atoms with van der Waals surface area (Å²) < 4.78 is 10.2. The molecule has 0 radical (unpaired) electrons. The van der Waals surface area contributed by atoms with Crippen LogP contribution in [0.15, 0.2) is 24.3 Å². The molecule has 0 spiro atoms. The van der Waals surface area contributed by atoms with E-state index in [9.17, 15) is 4.79 Å². The van der Waals surface area contributed by atoms with Gasteiger partial charge in [0.15, 0.2) is 0 Å². The van der Waals surface area contributed by atoms with Crippen molar-refractivity contribution in [2.75, 3.05) is 60.1 Å². The minimum absolute atomic E-state index is 0.0725. The molecule has 1 aromatic carbocycles. The standard InChI is InChI=1S/C17H27N3O3/c1-22-11-6-18-17(21)14-20-9-7-19(8-10-20)13-15-4-3-5-16(12-15)23-2/h3-5,12H,6-11,13-14H2,1-2H3,(H,18,21). The van der Waals surface area contributed by atoms with E-state index in [1.807, 2.05) is 12.1 Å². The molecule has 1 saturated heterocycles. The van der Waals surface area contributed by atoms with Crippen molar-refractivity contribution in [2.45, 2.75) is 6.54 Å². The average Bonchev–Trinajstić information content (AvgIpc) is 2.57. The number of carbonyl (C=O) groups is 1. The van der Waals surface area contributed by atoms with E-state index in [1.165, 1.54) is 5.56 Å². The number of hydrogen-bond donors (Lipinski definition) is 1. The van der Waals surface area contributed by atoms with Crippen molar-refractivity contribution in [2.24, 2.45) is 0 Å². The Morgan fingerprint density at radius 1 is 1.17 bits per heavy atom. The molecule has 1 heterocycles. The van der Waals surface area contributed by atoms with Crippen LogP contribution in [0.4, 0.5) is 0 Å². The van der Waals surface area contributed by atoms with Gasteiger partial charge < -0.3 is 14.8 Å². The van der Waals surface area contributed by atoms with E-state index in [0.717, 1.165) is 38.5 Å². The Kier molecular flexibility index (Phi) is 7.32. The fourth-order valence-electron chi connectivity index (χ4n) is 2.69. The van der Waals surface area contributed by atoms with Gasteiger partial charge in [-0.25, -0.2) is 0 Å². The third kappa shape index (κ3) is 6.17. The molecule has 0 aliphatic carbocycles. The minimum Gasteiger partial charge on any atom is -0.497 e. The summed E-state index contributed by atoms with van der Waals surface area (Å²) in [5, 5.41) is 2.86. The smallest absolute Gasteiger partial charge is 0.234 e. The third-order valence-electron chi connectivity index (χ3n) is 4.00. The summed E-state index contributed by atoms with van der Waals surface area (Å²) in [4.78, 5) is 16.4. The maximum absolute atomic E-state index is 11.8. The van der Waals surface area contributed by atoms with Crippen LogP contribution >= 0.6 is 0 Å². The van der Waals surface area contributed by atoms with Gasteiger partial charge in [-0.15, -0.1) is 0 Å². The Morgan fingerprint density at radius 3 is 2.61 bits per heavy atom. The highest BCUT2D eigenvalue weighted by Gasteiger charge is 2.18. The van der Waals surface area contributed by atoms with Gasteiger partial charge in [-0.2, -0.15) is 0 Å². The number of nitrogens with zero attached hydrogens (tertiary/aromatic N) is 2. The lowest BCUT2D eigenvalue weighted by molar-refractivity contribution is -0.122. The first-order valence-electron chi connectivity index (χ1n) is 8.04. The van der Waals surface area contributed by atoms with Crippen molar-refractivity contribution in [3.05, 3.63) is 29.8 Å². The summed E-state index contributed by atoms with van der Waals surface area (Å²) in [7, 11) is 3.32. The van der Waals surface area contributed by atoms with Gasteiger partial charge in [0.05, 0.1) is 20.3 Å². The Labute approximate surface area is 138 Å². The van der Waals surface area contributed by atoms with Crippen LogP contribution in [0.5, 0.6) is 5.75 Å². The predicted molar refractivity (Wildman–Crippen MR) is 89.6 cm³/mol. The molecule has 0 unspecified atom stereocenters. The average molecular weight is 321 g/mol. The van der Waals surface area contributed by atoms with Crippen LogP contribution in [-0.2, 0) is 16.1 Å². The molecule has 1 fully saturated rings. The molecule has 6 heteroatoms. The van der Waals surface area contributed by atoms with Crippen molar-refractivity contribution in [3.8, 4) is 5.75 Å². The highest BCUT2D eigenvalue weighted by atomic mass is 16.5. The summed E-state index contributed by atoms with van der Waals surface area (Å²) >= 11 is 0. The van der Waals surface area contributed by atoms with Crippen molar-refractivity contribution >= 4 is 5.91 Å². The number of ether oxygens (including phenoxy) is 2. The number of rotatable bonds is 8. The zero-order valence-electron chi connectivity index (χ0n) is 14.1. The molecule has 6 nitrogen and oxygen atoms in total. The van der Waals surface area contributed by atoms with Gasteiger partial charge in [0.25, 0.3) is 0 Å².